The van der Waals surface area contributed by atoms with Crippen molar-refractivity contribution >= 4 is 17.8 Å². The van der Waals surface area contributed by atoms with E-state index in [0.29, 0.717) is 19.4 Å². The van der Waals surface area contributed by atoms with E-state index in [1.165, 1.54) is 6.92 Å². The fraction of sp³-hybridized carbons (Fsp3) is 0.526. The van der Waals surface area contributed by atoms with Gasteiger partial charge in [0.1, 0.15) is 12.6 Å². The van der Waals surface area contributed by atoms with Crippen molar-refractivity contribution in [1.82, 2.24) is 0 Å². The number of benzene rings is 1. The van der Waals surface area contributed by atoms with Crippen LogP contribution in [0, 0.1) is 0 Å². The number of hydrogen-bond acceptors (Lipinski definition) is 5. The van der Waals surface area contributed by atoms with Gasteiger partial charge in [0.25, 0.3) is 0 Å². The minimum atomic E-state index is -1.20. The van der Waals surface area contributed by atoms with Gasteiger partial charge in [0.2, 0.25) is 0 Å². The topological polar surface area (TPSA) is 144 Å². The largest absolute Gasteiger partial charge is 0.477 e. The fourth-order valence-electron chi connectivity index (χ4n) is 4.08. The normalized spacial score (nSPS) is 23.9. The highest BCUT2D eigenvalue weighted by Crippen LogP contribution is 2.36. The SMILES string of the molecule is CC(N)C(=O)[N@+]1(C(CCCCN)C(=O)O)Cc2ccccc2C[C@H]1C(=O)O. The Kier molecular flexibility index (Phi) is 6.69. The third-order valence-electron chi connectivity index (χ3n) is 5.38. The lowest BCUT2D eigenvalue weighted by molar-refractivity contribution is -0.903. The number of unbranched alkanes of at least 4 members (excludes halogenated alkanes) is 1. The van der Waals surface area contributed by atoms with Crippen molar-refractivity contribution in [3.05, 3.63) is 35.4 Å². The van der Waals surface area contributed by atoms with Crippen LogP contribution >= 0.6 is 0 Å². The molecule has 1 aromatic carbocycles. The summed E-state index contributed by atoms with van der Waals surface area (Å²) in [6, 6.07) is 3.87. The van der Waals surface area contributed by atoms with Crippen molar-refractivity contribution in [3.8, 4) is 0 Å². The van der Waals surface area contributed by atoms with Crippen molar-refractivity contribution in [2.45, 2.75) is 57.3 Å². The average Bonchev–Trinajstić information content (AvgIpc) is 2.63. The maximum atomic E-state index is 13.2. The van der Waals surface area contributed by atoms with Crippen LogP contribution in [0.4, 0.5) is 0 Å². The fourth-order valence-corrected chi connectivity index (χ4v) is 4.08. The summed E-state index contributed by atoms with van der Waals surface area (Å²) < 4.78 is -0.691. The molecule has 1 aliphatic heterocycles. The maximum absolute atomic E-state index is 13.2. The summed E-state index contributed by atoms with van der Waals surface area (Å²) in [4.78, 5) is 37.5. The molecule has 0 bridgehead atoms. The molecule has 27 heavy (non-hydrogen) atoms. The lowest BCUT2D eigenvalue weighted by Crippen LogP contribution is -2.72. The number of amides is 1. The van der Waals surface area contributed by atoms with Crippen LogP contribution in [0.2, 0.25) is 0 Å². The number of fused-ring (bicyclic) bond motifs is 1. The number of rotatable bonds is 8. The monoisotopic (exact) mass is 378 g/mol. The Hall–Kier alpha value is -2.29. The highest BCUT2D eigenvalue weighted by atomic mass is 16.4. The number of nitrogens with two attached hydrogens (primary N) is 2. The predicted octanol–water partition coefficient (Wildman–Crippen LogP) is 0.469. The van der Waals surface area contributed by atoms with Crippen LogP contribution in [0.15, 0.2) is 24.3 Å². The van der Waals surface area contributed by atoms with E-state index in [2.05, 4.69) is 0 Å². The van der Waals surface area contributed by atoms with E-state index >= 15 is 0 Å². The molecule has 6 N–H and O–H groups in total. The van der Waals surface area contributed by atoms with Gasteiger partial charge in [0.15, 0.2) is 12.1 Å². The van der Waals surface area contributed by atoms with E-state index in [9.17, 15) is 24.6 Å². The van der Waals surface area contributed by atoms with E-state index in [-0.39, 0.29) is 19.4 Å². The molecule has 1 aliphatic rings. The molecule has 0 aliphatic carbocycles. The minimum absolute atomic E-state index is 0.00705. The van der Waals surface area contributed by atoms with Crippen LogP contribution in [0.1, 0.15) is 37.3 Å². The number of quaternary nitrogens is 1. The van der Waals surface area contributed by atoms with Crippen molar-refractivity contribution < 1.29 is 29.1 Å². The Morgan fingerprint density at radius 2 is 1.81 bits per heavy atom. The third-order valence-corrected chi connectivity index (χ3v) is 5.38. The number of nitrogens with zero attached hydrogens (tertiary/aromatic N) is 1. The van der Waals surface area contributed by atoms with Crippen LogP contribution in [-0.2, 0) is 27.3 Å². The summed E-state index contributed by atoms with van der Waals surface area (Å²) in [5.41, 5.74) is 13.0. The van der Waals surface area contributed by atoms with Gasteiger partial charge in [-0.3, -0.25) is 0 Å². The van der Waals surface area contributed by atoms with Crippen molar-refractivity contribution in [3.63, 3.8) is 0 Å². The average molecular weight is 378 g/mol. The molecule has 1 amide bonds. The van der Waals surface area contributed by atoms with Gasteiger partial charge < -0.3 is 21.7 Å². The summed E-state index contributed by atoms with van der Waals surface area (Å²) in [6.45, 7) is 1.88. The number of hydrogen-bond donors (Lipinski definition) is 4. The van der Waals surface area contributed by atoms with E-state index in [4.69, 9.17) is 11.5 Å². The molecule has 0 saturated carbocycles. The molecule has 0 spiro atoms. The Labute approximate surface area is 158 Å². The van der Waals surface area contributed by atoms with Crippen molar-refractivity contribution in [2.24, 2.45) is 11.5 Å². The van der Waals surface area contributed by atoms with E-state index < -0.39 is 40.5 Å². The quantitative estimate of drug-likeness (QED) is 0.380. The Morgan fingerprint density at radius 1 is 1.19 bits per heavy atom. The third kappa shape index (κ3) is 4.02. The molecule has 8 nitrogen and oxygen atoms in total. The number of carboxylic acid groups (broad SMARTS) is 2. The summed E-state index contributed by atoms with van der Waals surface area (Å²) in [7, 11) is 0. The number of aliphatic carboxylic acids is 2. The molecule has 148 valence electrons. The molecule has 0 saturated heterocycles. The van der Waals surface area contributed by atoms with Gasteiger partial charge >= 0.3 is 17.8 Å². The van der Waals surface area contributed by atoms with Crippen molar-refractivity contribution in [2.75, 3.05) is 6.54 Å². The first kappa shape index (κ1) is 21.0. The molecule has 1 heterocycles. The highest BCUT2D eigenvalue weighted by molar-refractivity contribution is 5.84. The van der Waals surface area contributed by atoms with Crippen LogP contribution in [0.25, 0.3) is 0 Å². The van der Waals surface area contributed by atoms with Gasteiger partial charge in [-0.2, -0.15) is 0 Å². The molecule has 0 fully saturated rings. The Bertz CT molecular complexity index is 721. The first-order valence-electron chi connectivity index (χ1n) is 9.15. The second-order valence-corrected chi connectivity index (χ2v) is 7.18. The summed E-state index contributed by atoms with van der Waals surface area (Å²) >= 11 is 0. The zero-order valence-corrected chi connectivity index (χ0v) is 15.5. The number of carbonyl (C=O) groups is 3. The number of carboxylic acids is 2. The van der Waals surface area contributed by atoms with E-state index in [1.54, 1.807) is 12.1 Å². The van der Waals surface area contributed by atoms with Crippen molar-refractivity contribution in [1.29, 1.82) is 0 Å². The van der Waals surface area contributed by atoms with Gasteiger partial charge in [-0.25, -0.2) is 18.9 Å². The standard InChI is InChI=1S/C19H27N3O5/c1-12(21)17(23)22(15(18(24)25)8-4-5-9-20)11-14-7-3-2-6-13(14)10-16(22)19(26)27/h2-3,6-7,12,15-16H,4-5,8-11,20-21H2,1H3,(H-,24,25,26,27)/p+1/t12?,15?,16-,22-/m0/s1. The van der Waals surface area contributed by atoms with Gasteiger partial charge in [-0.15, -0.1) is 0 Å². The molecule has 1 aromatic rings. The second-order valence-electron chi connectivity index (χ2n) is 7.18. The second kappa shape index (κ2) is 8.60. The molecule has 0 radical (unpaired) electrons. The van der Waals surface area contributed by atoms with Crippen LogP contribution in [0.3, 0.4) is 0 Å². The Balaban J connectivity index is 2.63. The molecular weight excluding hydrogens is 350 g/mol. The summed E-state index contributed by atoms with van der Waals surface area (Å²) in [5, 5.41) is 19.8. The van der Waals surface area contributed by atoms with E-state index in [0.717, 1.165) is 11.1 Å². The molecule has 0 aromatic heterocycles. The molecule has 2 rings (SSSR count). The summed E-state index contributed by atoms with van der Waals surface area (Å²) in [6.07, 6.45) is 1.35. The smallest absolute Gasteiger partial charge is 0.363 e. The molecule has 2 unspecified atom stereocenters. The lowest BCUT2D eigenvalue weighted by Gasteiger charge is -2.47. The highest BCUT2D eigenvalue weighted by Gasteiger charge is 2.58. The number of carbonyl (C=O) groups excluding carboxylic acids is 1. The molecular formula is C19H28N3O5+. The predicted molar refractivity (Wildman–Crippen MR) is 98.5 cm³/mol. The van der Waals surface area contributed by atoms with Crippen LogP contribution < -0.4 is 11.5 Å². The van der Waals surface area contributed by atoms with E-state index in [1.807, 2.05) is 12.1 Å². The van der Waals surface area contributed by atoms with Gasteiger partial charge in [-0.1, -0.05) is 24.3 Å². The van der Waals surface area contributed by atoms with Gasteiger partial charge in [0, 0.05) is 18.4 Å². The first-order valence-corrected chi connectivity index (χ1v) is 9.15. The van der Waals surface area contributed by atoms with Gasteiger partial charge in [-0.05, 0) is 31.9 Å². The van der Waals surface area contributed by atoms with Gasteiger partial charge in [0.05, 0.1) is 0 Å². The summed E-state index contributed by atoms with van der Waals surface area (Å²) in [5.74, 6) is -2.94. The Morgan fingerprint density at radius 3 is 2.33 bits per heavy atom. The molecule has 4 atom stereocenters. The molecule has 8 heteroatoms. The lowest BCUT2D eigenvalue weighted by atomic mass is 9.86. The van der Waals surface area contributed by atoms with Crippen LogP contribution in [0.5, 0.6) is 0 Å². The zero-order valence-electron chi connectivity index (χ0n) is 15.5. The zero-order chi connectivity index (χ0) is 20.2. The first-order chi connectivity index (χ1) is 12.8. The minimum Gasteiger partial charge on any atom is -0.477 e. The van der Waals surface area contributed by atoms with Crippen LogP contribution in [-0.4, -0.2) is 57.2 Å². The maximum Gasteiger partial charge on any atom is 0.363 e.